The number of nitrogens with zero attached hydrogens (tertiary/aromatic N) is 1. The molecule has 0 aliphatic rings. The number of aryl methyl sites for hydroxylation is 1. The van der Waals surface area contributed by atoms with E-state index in [-0.39, 0.29) is 12.1 Å². The van der Waals surface area contributed by atoms with Gasteiger partial charge in [0.05, 0.1) is 5.69 Å². The number of hydrogen-bond donors (Lipinski definition) is 1. The zero-order chi connectivity index (χ0) is 10.7. The highest BCUT2D eigenvalue weighted by Crippen LogP contribution is 2.22. The molecule has 1 rings (SSSR count). The fourth-order valence-corrected chi connectivity index (χ4v) is 1.20. The summed E-state index contributed by atoms with van der Waals surface area (Å²) >= 11 is 0. The van der Waals surface area contributed by atoms with Crippen LogP contribution in [0.1, 0.15) is 33.7 Å². The van der Waals surface area contributed by atoms with Crippen LogP contribution in [0.25, 0.3) is 0 Å². The van der Waals surface area contributed by atoms with Gasteiger partial charge < -0.3 is 5.73 Å². The van der Waals surface area contributed by atoms with Crippen molar-refractivity contribution in [3.8, 4) is 0 Å². The minimum Gasteiger partial charge on any atom is -0.325 e. The fraction of sp³-hybridized carbons (Fsp3) is 0.333. The molecule has 0 amide bonds. The molecule has 0 aliphatic carbocycles. The number of carbonyl (C=O) groups is 1. The van der Waals surface area contributed by atoms with Gasteiger partial charge in [-0.1, -0.05) is 0 Å². The Hall–Kier alpha value is -1.36. The number of halogens is 2. The van der Waals surface area contributed by atoms with E-state index >= 15 is 0 Å². The van der Waals surface area contributed by atoms with Crippen LogP contribution >= 0.6 is 0 Å². The number of rotatable bonds is 3. The smallest absolute Gasteiger partial charge is 0.281 e. The van der Waals surface area contributed by atoms with Gasteiger partial charge in [0.25, 0.3) is 6.43 Å². The lowest BCUT2D eigenvalue weighted by molar-refractivity contribution is 0.110. The summed E-state index contributed by atoms with van der Waals surface area (Å²) in [5, 5.41) is 0. The van der Waals surface area contributed by atoms with E-state index in [9.17, 15) is 13.6 Å². The Morgan fingerprint density at radius 1 is 1.64 bits per heavy atom. The number of carbonyl (C=O) groups excluding carboxylic acids is 1. The van der Waals surface area contributed by atoms with E-state index in [2.05, 4.69) is 4.98 Å². The van der Waals surface area contributed by atoms with Gasteiger partial charge in [0.15, 0.2) is 6.29 Å². The molecular weight excluding hydrogens is 190 g/mol. The van der Waals surface area contributed by atoms with Gasteiger partial charge in [0.1, 0.15) is 5.69 Å². The largest absolute Gasteiger partial charge is 0.325 e. The number of nitrogens with two attached hydrogens (primary N) is 1. The molecule has 2 N–H and O–H groups in total. The van der Waals surface area contributed by atoms with Crippen LogP contribution in [0.4, 0.5) is 8.78 Å². The molecule has 0 unspecified atom stereocenters. The van der Waals surface area contributed by atoms with Crippen molar-refractivity contribution in [1.82, 2.24) is 4.98 Å². The van der Waals surface area contributed by atoms with Crippen LogP contribution in [0.3, 0.4) is 0 Å². The maximum Gasteiger partial charge on any atom is 0.281 e. The van der Waals surface area contributed by atoms with Gasteiger partial charge >= 0.3 is 0 Å². The molecule has 3 nitrogen and oxygen atoms in total. The third-order valence-electron chi connectivity index (χ3n) is 1.88. The topological polar surface area (TPSA) is 56.0 Å². The highest BCUT2D eigenvalue weighted by molar-refractivity contribution is 5.78. The summed E-state index contributed by atoms with van der Waals surface area (Å²) in [6.45, 7) is 1.66. The molecule has 14 heavy (non-hydrogen) atoms. The molecule has 0 aliphatic heterocycles. The summed E-state index contributed by atoms with van der Waals surface area (Å²) in [7, 11) is 0. The lowest BCUT2D eigenvalue weighted by Gasteiger charge is -2.08. The molecule has 0 radical (unpaired) electrons. The molecule has 0 atom stereocenters. The van der Waals surface area contributed by atoms with Crippen LogP contribution in [0, 0.1) is 6.92 Å². The summed E-state index contributed by atoms with van der Waals surface area (Å²) in [5.74, 6) is 0. The molecule has 0 aromatic carbocycles. The first-order valence-electron chi connectivity index (χ1n) is 4.04. The van der Waals surface area contributed by atoms with Crippen molar-refractivity contribution in [2.45, 2.75) is 19.9 Å². The average molecular weight is 200 g/mol. The molecule has 76 valence electrons. The molecule has 5 heteroatoms. The lowest BCUT2D eigenvalue weighted by Crippen LogP contribution is -2.07. The molecular formula is C9H10F2N2O. The second-order valence-corrected chi connectivity index (χ2v) is 2.85. The number of hydrogen-bond acceptors (Lipinski definition) is 3. The van der Waals surface area contributed by atoms with Crippen LogP contribution in [0.2, 0.25) is 0 Å². The molecule has 0 saturated heterocycles. The second-order valence-electron chi connectivity index (χ2n) is 2.85. The van der Waals surface area contributed by atoms with E-state index < -0.39 is 12.1 Å². The SMILES string of the molecule is Cc1cc(CN)nc(C(F)F)c1C=O. The first-order valence-corrected chi connectivity index (χ1v) is 4.04. The van der Waals surface area contributed by atoms with Crippen LogP contribution < -0.4 is 5.73 Å². The van der Waals surface area contributed by atoms with Gasteiger partial charge in [-0.25, -0.2) is 13.8 Å². The van der Waals surface area contributed by atoms with Crippen LogP contribution in [-0.4, -0.2) is 11.3 Å². The first-order chi connectivity index (χ1) is 6.60. The molecule has 0 saturated carbocycles. The summed E-state index contributed by atoms with van der Waals surface area (Å²) in [6.07, 6.45) is -2.36. The van der Waals surface area contributed by atoms with E-state index in [0.29, 0.717) is 17.5 Å². The Morgan fingerprint density at radius 2 is 2.29 bits per heavy atom. The van der Waals surface area contributed by atoms with Crippen LogP contribution in [0.5, 0.6) is 0 Å². The number of aromatic nitrogens is 1. The van der Waals surface area contributed by atoms with Gasteiger partial charge in [-0.15, -0.1) is 0 Å². The summed E-state index contributed by atoms with van der Waals surface area (Å²) < 4.78 is 24.9. The second kappa shape index (κ2) is 4.23. The Morgan fingerprint density at radius 3 is 2.71 bits per heavy atom. The van der Waals surface area contributed by atoms with Gasteiger partial charge in [-0.3, -0.25) is 4.79 Å². The van der Waals surface area contributed by atoms with Gasteiger partial charge in [0.2, 0.25) is 0 Å². The summed E-state index contributed by atoms with van der Waals surface area (Å²) in [5.41, 5.74) is 5.60. The normalized spacial score (nSPS) is 10.6. The Labute approximate surface area is 79.9 Å². The van der Waals surface area contributed by atoms with Crippen molar-refractivity contribution in [2.75, 3.05) is 0 Å². The van der Waals surface area contributed by atoms with Crippen molar-refractivity contribution in [3.63, 3.8) is 0 Å². The standard InChI is InChI=1S/C9H10F2N2O/c1-5-2-6(3-12)13-8(9(10)11)7(5)4-14/h2,4,9H,3,12H2,1H3. The predicted molar refractivity (Wildman–Crippen MR) is 47.2 cm³/mol. The minimum absolute atomic E-state index is 0.0443. The monoisotopic (exact) mass is 200 g/mol. The Balaban J connectivity index is 3.35. The third-order valence-corrected chi connectivity index (χ3v) is 1.88. The minimum atomic E-state index is -2.75. The molecule has 1 aromatic heterocycles. The molecule has 0 fully saturated rings. The van der Waals surface area contributed by atoms with Gasteiger partial charge in [-0.05, 0) is 18.6 Å². The number of aldehydes is 1. The van der Waals surface area contributed by atoms with Crippen molar-refractivity contribution < 1.29 is 13.6 Å². The Bertz CT molecular complexity index is 353. The summed E-state index contributed by atoms with van der Waals surface area (Å²) in [6, 6.07) is 1.54. The van der Waals surface area contributed by atoms with Crippen molar-refractivity contribution in [3.05, 3.63) is 28.6 Å². The zero-order valence-corrected chi connectivity index (χ0v) is 7.63. The fourth-order valence-electron chi connectivity index (χ4n) is 1.20. The van der Waals surface area contributed by atoms with E-state index in [1.54, 1.807) is 6.92 Å². The van der Waals surface area contributed by atoms with Gasteiger partial charge in [-0.2, -0.15) is 0 Å². The van der Waals surface area contributed by atoms with Crippen molar-refractivity contribution in [1.29, 1.82) is 0 Å². The maximum absolute atomic E-state index is 12.4. The predicted octanol–water partition coefficient (Wildman–Crippen LogP) is 1.60. The molecule has 0 bridgehead atoms. The molecule has 0 spiro atoms. The van der Waals surface area contributed by atoms with E-state index in [4.69, 9.17) is 5.73 Å². The van der Waals surface area contributed by atoms with Crippen molar-refractivity contribution >= 4 is 6.29 Å². The van der Waals surface area contributed by atoms with Crippen LogP contribution in [0.15, 0.2) is 6.07 Å². The van der Waals surface area contributed by atoms with Crippen LogP contribution in [-0.2, 0) is 6.54 Å². The highest BCUT2D eigenvalue weighted by Gasteiger charge is 2.17. The van der Waals surface area contributed by atoms with E-state index in [1.807, 2.05) is 0 Å². The van der Waals surface area contributed by atoms with E-state index in [1.165, 1.54) is 6.07 Å². The Kier molecular flexibility index (Phi) is 3.24. The lowest BCUT2D eigenvalue weighted by atomic mass is 10.1. The highest BCUT2D eigenvalue weighted by atomic mass is 19.3. The number of pyridine rings is 1. The third kappa shape index (κ3) is 1.93. The first kappa shape index (κ1) is 10.7. The number of alkyl halides is 2. The average Bonchev–Trinajstić information content (AvgIpc) is 2.16. The maximum atomic E-state index is 12.4. The molecule has 1 aromatic rings. The molecule has 1 heterocycles. The zero-order valence-electron chi connectivity index (χ0n) is 7.63. The van der Waals surface area contributed by atoms with Crippen molar-refractivity contribution in [2.24, 2.45) is 5.73 Å². The van der Waals surface area contributed by atoms with Gasteiger partial charge in [0, 0.05) is 12.1 Å². The quantitative estimate of drug-likeness (QED) is 0.754. The van der Waals surface area contributed by atoms with E-state index in [0.717, 1.165) is 0 Å². The summed E-state index contributed by atoms with van der Waals surface area (Å²) in [4.78, 5) is 14.2.